The summed E-state index contributed by atoms with van der Waals surface area (Å²) in [5.41, 5.74) is 0. The van der Waals surface area contributed by atoms with E-state index in [9.17, 15) is 0 Å². The first-order chi connectivity index (χ1) is 1.00. The van der Waals surface area contributed by atoms with Gasteiger partial charge in [0.05, 0.1) is 0 Å². The molecule has 0 aromatic heterocycles. The van der Waals surface area contributed by atoms with Crippen LogP contribution >= 0.6 is 0 Å². The van der Waals surface area contributed by atoms with Crippen LogP contribution in [-0.2, 0) is 3.08 Å². The quantitative estimate of drug-likeness (QED) is 0.447. The van der Waals surface area contributed by atoms with Gasteiger partial charge in [-0.1, -0.05) is 0 Å². The van der Waals surface area contributed by atoms with Gasteiger partial charge in [-0.2, -0.15) is 0 Å². The van der Waals surface area contributed by atoms with Crippen LogP contribution in [0.4, 0.5) is 0 Å². The maximum atomic E-state index is 8.34. The Kier molecular flexibility index (Phi) is 63.3. The molecular formula is H2BaLaOSn. The van der Waals surface area contributed by atoms with Gasteiger partial charge in [0.2, 0.25) is 0 Å². The molecule has 17 valence electrons. The average molecular weight is 413 g/mol. The third-order valence-corrected chi connectivity index (χ3v) is 0. The third kappa shape index (κ3) is 9.03. The Bertz CT molecular complexity index is 8.00. The molecule has 0 bridgehead atoms. The normalized spacial score (nSPS) is 1.00. The summed E-state index contributed by atoms with van der Waals surface area (Å²) >= 11 is 0.300. The molecule has 0 spiro atoms. The van der Waals surface area contributed by atoms with Gasteiger partial charge in [-0.15, -0.1) is 0 Å². The Labute approximate surface area is 107 Å². The predicted molar refractivity (Wildman–Crippen MR) is 15.0 cm³/mol. The second-order valence-corrected chi connectivity index (χ2v) is 0. The van der Waals surface area contributed by atoms with Gasteiger partial charge in [-0.3, -0.25) is 0 Å². The molecule has 0 N–H and O–H groups in total. The first-order valence-corrected chi connectivity index (χ1v) is 1.37. The zero-order valence-corrected chi connectivity index (χ0v) is 7.97. The van der Waals surface area contributed by atoms with Gasteiger partial charge in [0.1, 0.15) is 0 Å². The van der Waals surface area contributed by atoms with Gasteiger partial charge in [0.25, 0.3) is 0 Å². The zero-order valence-electron chi connectivity index (χ0n) is 1.49. The van der Waals surface area contributed by atoms with Crippen molar-refractivity contribution in [1.29, 1.82) is 0 Å². The second kappa shape index (κ2) is 16.2. The second-order valence-electron chi connectivity index (χ2n) is 0. The summed E-state index contributed by atoms with van der Waals surface area (Å²) < 4.78 is 8.34. The molecule has 3 radical (unpaired) electrons. The molecular weight excluding hydrogens is 411 g/mol. The standard InChI is InChI=1S/Ba.La.O.Sn.2H. The average Bonchev–Trinajstić information content (AvgIpc) is 1.00. The molecule has 0 unspecified atom stereocenters. The topological polar surface area (TPSA) is 17.1 Å². The Morgan fingerprint density at radius 3 is 1.25 bits per heavy atom. The molecule has 0 aliphatic carbocycles. The van der Waals surface area contributed by atoms with Crippen LogP contribution in [-0.4, -0.2) is 71.4 Å². The summed E-state index contributed by atoms with van der Waals surface area (Å²) in [5.74, 6) is 0. The fourth-order valence-corrected chi connectivity index (χ4v) is 0. The molecule has 1 nitrogen and oxygen atoms in total. The Hall–Kier alpha value is 3.36. The first-order valence-electron chi connectivity index (χ1n) is 0.204. The van der Waals surface area contributed by atoms with Crippen molar-refractivity contribution in [2.45, 2.75) is 0 Å². The molecule has 0 atom stereocenters. The van der Waals surface area contributed by atoms with Crippen molar-refractivity contribution >= 4 is 71.4 Å². The summed E-state index contributed by atoms with van der Waals surface area (Å²) in [6.07, 6.45) is 0. The van der Waals surface area contributed by atoms with E-state index in [1.165, 1.54) is 0 Å². The summed E-state index contributed by atoms with van der Waals surface area (Å²) in [6, 6.07) is 0. The van der Waals surface area contributed by atoms with Crippen molar-refractivity contribution in [3.63, 3.8) is 0 Å². The van der Waals surface area contributed by atoms with Crippen LogP contribution in [0.5, 0.6) is 0 Å². The van der Waals surface area contributed by atoms with Crippen molar-refractivity contribution < 1.29 is 38.7 Å². The van der Waals surface area contributed by atoms with E-state index in [0.29, 0.717) is 22.5 Å². The van der Waals surface area contributed by atoms with Crippen molar-refractivity contribution in [2.75, 3.05) is 0 Å². The molecule has 0 aliphatic heterocycles. The van der Waals surface area contributed by atoms with Crippen molar-refractivity contribution in [2.24, 2.45) is 0 Å². The SMILES string of the molecule is [BaH2].[La].[O]=[Sn]. The predicted octanol–water partition coefficient (Wildman–Crippen LogP) is -1.42. The van der Waals surface area contributed by atoms with Gasteiger partial charge in [0, 0.05) is 35.6 Å². The Morgan fingerprint density at radius 2 is 1.25 bits per heavy atom. The third-order valence-electron chi connectivity index (χ3n) is 0. The molecule has 0 amide bonds. The van der Waals surface area contributed by atoms with Crippen LogP contribution in [0.25, 0.3) is 0 Å². The van der Waals surface area contributed by atoms with E-state index >= 15 is 0 Å². The van der Waals surface area contributed by atoms with E-state index in [0.717, 1.165) is 0 Å². The molecule has 0 saturated carbocycles. The number of hydrogen-bond donors (Lipinski definition) is 0. The molecule has 0 fully saturated rings. The van der Waals surface area contributed by atoms with Gasteiger partial charge in [-0.05, 0) is 0 Å². The van der Waals surface area contributed by atoms with Crippen molar-refractivity contribution in [3.8, 4) is 0 Å². The number of hydrogen-bond acceptors (Lipinski definition) is 1. The maximum absolute atomic E-state index is 8.34. The monoisotopic (exact) mass is 415 g/mol. The van der Waals surface area contributed by atoms with Crippen LogP contribution < -0.4 is 0 Å². The van der Waals surface area contributed by atoms with E-state index in [2.05, 4.69) is 0 Å². The van der Waals surface area contributed by atoms with Crippen LogP contribution in [0.15, 0.2) is 0 Å². The molecule has 0 aromatic rings. The molecule has 0 rings (SSSR count). The summed E-state index contributed by atoms with van der Waals surface area (Å²) in [7, 11) is 0. The first kappa shape index (κ1) is 15.7. The van der Waals surface area contributed by atoms with Gasteiger partial charge >= 0.3 is 74.5 Å². The minimum atomic E-state index is 0. The summed E-state index contributed by atoms with van der Waals surface area (Å²) in [5, 5.41) is 0. The van der Waals surface area contributed by atoms with Gasteiger partial charge in [0.15, 0.2) is 0 Å². The van der Waals surface area contributed by atoms with E-state index in [1.54, 1.807) is 0 Å². The van der Waals surface area contributed by atoms with E-state index < -0.39 is 0 Å². The fourth-order valence-electron chi connectivity index (χ4n) is 0. The van der Waals surface area contributed by atoms with Crippen LogP contribution in [0.2, 0.25) is 0 Å². The van der Waals surface area contributed by atoms with E-state index in [4.69, 9.17) is 3.08 Å². The van der Waals surface area contributed by atoms with Crippen molar-refractivity contribution in [1.82, 2.24) is 0 Å². The van der Waals surface area contributed by atoms with Crippen LogP contribution in [0.1, 0.15) is 0 Å². The Morgan fingerprint density at radius 1 is 1.25 bits per heavy atom. The molecule has 4 heavy (non-hydrogen) atoms. The summed E-state index contributed by atoms with van der Waals surface area (Å²) in [6.45, 7) is 0. The molecule has 4 heteroatoms. The molecule has 0 saturated heterocycles. The van der Waals surface area contributed by atoms with E-state index in [1.807, 2.05) is 0 Å². The molecule has 0 heterocycles. The molecule has 0 aromatic carbocycles. The van der Waals surface area contributed by atoms with Crippen molar-refractivity contribution in [3.05, 3.63) is 0 Å². The number of rotatable bonds is 0. The van der Waals surface area contributed by atoms with Crippen LogP contribution in [0, 0.1) is 35.6 Å². The van der Waals surface area contributed by atoms with Gasteiger partial charge in [-0.25, -0.2) is 0 Å². The minimum absolute atomic E-state index is 0. The summed E-state index contributed by atoms with van der Waals surface area (Å²) in [4.78, 5) is 0. The van der Waals surface area contributed by atoms with E-state index in [-0.39, 0.29) is 84.5 Å². The zero-order chi connectivity index (χ0) is 2.00. The van der Waals surface area contributed by atoms with Gasteiger partial charge < -0.3 is 0 Å². The molecule has 0 aliphatic rings. The van der Waals surface area contributed by atoms with Crippen LogP contribution in [0.3, 0.4) is 0 Å². The fraction of sp³-hybridized carbons (Fsp3) is 0. The Balaban J connectivity index is -0.00000000500.